The second-order valence-electron chi connectivity index (χ2n) is 7.16. The lowest BCUT2D eigenvalue weighted by molar-refractivity contribution is 0.0689. The molecular formula is C22H28ClN3O4S. The van der Waals surface area contributed by atoms with Gasteiger partial charge >= 0.3 is 0 Å². The number of para-hydroxylation sites is 1. The van der Waals surface area contributed by atoms with E-state index in [2.05, 4.69) is 0 Å². The number of halogens is 1. The maximum atomic E-state index is 13.1. The fraction of sp³-hybridized carbons (Fsp3) is 0.409. The Bertz CT molecular complexity index is 1000. The van der Waals surface area contributed by atoms with Crippen LogP contribution >= 0.6 is 11.6 Å². The summed E-state index contributed by atoms with van der Waals surface area (Å²) in [6, 6.07) is 14.5. The van der Waals surface area contributed by atoms with Gasteiger partial charge in [0.1, 0.15) is 12.4 Å². The first-order chi connectivity index (χ1) is 14.9. The number of nitrogens with zero attached hydrogens (tertiary/aromatic N) is 3. The normalized spacial score (nSPS) is 15.3. The van der Waals surface area contributed by atoms with E-state index in [1.165, 1.54) is 8.61 Å². The predicted molar refractivity (Wildman–Crippen MR) is 122 cm³/mol. The molecule has 1 amide bonds. The second kappa shape index (κ2) is 10.5. The van der Waals surface area contributed by atoms with E-state index in [0.717, 1.165) is 5.56 Å². The van der Waals surface area contributed by atoms with Gasteiger partial charge < -0.3 is 9.64 Å². The van der Waals surface area contributed by atoms with Crippen molar-refractivity contribution in [3.63, 3.8) is 0 Å². The topological polar surface area (TPSA) is 70.2 Å². The molecule has 0 spiro atoms. The van der Waals surface area contributed by atoms with Gasteiger partial charge in [-0.05, 0) is 18.2 Å². The molecule has 1 aliphatic heterocycles. The Balaban J connectivity index is 1.67. The minimum atomic E-state index is -3.50. The van der Waals surface area contributed by atoms with Gasteiger partial charge in [0.05, 0.1) is 5.56 Å². The molecule has 0 aliphatic carbocycles. The van der Waals surface area contributed by atoms with Crippen LogP contribution in [0.4, 0.5) is 0 Å². The Kier molecular flexibility index (Phi) is 7.94. The number of carbonyl (C=O) groups is 1. The zero-order valence-electron chi connectivity index (χ0n) is 17.8. The first-order valence-corrected chi connectivity index (χ1v) is 12.2. The standard InChI is InChI=1S/C22H28ClN3O4S/c1-3-25(4-2)31(28,29)26-15-13-24(14-16-26)22(27)19-10-6-8-12-21(19)30-17-18-9-5-7-11-20(18)23/h5-12H,3-4,13-17H2,1-2H3. The van der Waals surface area contributed by atoms with Crippen LogP contribution in [0.2, 0.25) is 5.02 Å². The lowest BCUT2D eigenvalue weighted by Gasteiger charge is -2.36. The van der Waals surface area contributed by atoms with Crippen molar-refractivity contribution in [2.24, 2.45) is 0 Å². The molecular weight excluding hydrogens is 438 g/mol. The summed E-state index contributed by atoms with van der Waals surface area (Å²) in [4.78, 5) is 14.8. The van der Waals surface area contributed by atoms with E-state index in [1.54, 1.807) is 29.2 Å². The van der Waals surface area contributed by atoms with Gasteiger partial charge in [-0.2, -0.15) is 17.0 Å². The molecule has 0 radical (unpaired) electrons. The van der Waals surface area contributed by atoms with E-state index in [-0.39, 0.29) is 25.6 Å². The van der Waals surface area contributed by atoms with Gasteiger partial charge in [-0.25, -0.2) is 0 Å². The number of hydrogen-bond donors (Lipinski definition) is 0. The summed E-state index contributed by atoms with van der Waals surface area (Å²) >= 11 is 6.20. The number of benzene rings is 2. The molecule has 9 heteroatoms. The Morgan fingerprint density at radius 1 is 1.00 bits per heavy atom. The molecule has 0 atom stereocenters. The van der Waals surface area contributed by atoms with Crippen LogP contribution in [0.3, 0.4) is 0 Å². The molecule has 1 fully saturated rings. The van der Waals surface area contributed by atoms with Crippen molar-refractivity contribution in [2.45, 2.75) is 20.5 Å². The van der Waals surface area contributed by atoms with Crippen molar-refractivity contribution < 1.29 is 17.9 Å². The summed E-state index contributed by atoms with van der Waals surface area (Å²) in [5, 5.41) is 0.608. The van der Waals surface area contributed by atoms with Gasteiger partial charge in [0, 0.05) is 49.9 Å². The highest BCUT2D eigenvalue weighted by atomic mass is 35.5. The maximum Gasteiger partial charge on any atom is 0.282 e. The maximum absolute atomic E-state index is 13.1. The van der Waals surface area contributed by atoms with Crippen molar-refractivity contribution in [1.82, 2.24) is 13.5 Å². The molecule has 1 aliphatic rings. The molecule has 3 rings (SSSR count). The monoisotopic (exact) mass is 465 g/mol. The molecule has 0 unspecified atom stereocenters. The Morgan fingerprint density at radius 3 is 2.26 bits per heavy atom. The predicted octanol–water partition coefficient (Wildman–Crippen LogP) is 3.26. The SMILES string of the molecule is CCN(CC)S(=O)(=O)N1CCN(C(=O)c2ccccc2OCc2ccccc2Cl)CC1. The van der Waals surface area contributed by atoms with Gasteiger partial charge in [-0.1, -0.05) is 55.8 Å². The van der Waals surface area contributed by atoms with Crippen LogP contribution < -0.4 is 4.74 Å². The van der Waals surface area contributed by atoms with Gasteiger partial charge in [-0.15, -0.1) is 0 Å². The highest BCUT2D eigenvalue weighted by Crippen LogP contribution is 2.24. The summed E-state index contributed by atoms with van der Waals surface area (Å²) in [6.45, 7) is 5.94. The summed E-state index contributed by atoms with van der Waals surface area (Å²) in [6.07, 6.45) is 0. The average molecular weight is 466 g/mol. The third kappa shape index (κ3) is 5.38. The van der Waals surface area contributed by atoms with Crippen molar-refractivity contribution in [3.05, 3.63) is 64.7 Å². The molecule has 0 aromatic heterocycles. The molecule has 168 valence electrons. The zero-order valence-corrected chi connectivity index (χ0v) is 19.4. The average Bonchev–Trinajstić information content (AvgIpc) is 2.79. The van der Waals surface area contributed by atoms with Crippen molar-refractivity contribution in [2.75, 3.05) is 39.3 Å². The first-order valence-electron chi connectivity index (χ1n) is 10.4. The van der Waals surface area contributed by atoms with E-state index < -0.39 is 10.2 Å². The summed E-state index contributed by atoms with van der Waals surface area (Å²) in [5.41, 5.74) is 1.29. The van der Waals surface area contributed by atoms with E-state index >= 15 is 0 Å². The second-order valence-corrected chi connectivity index (χ2v) is 9.50. The van der Waals surface area contributed by atoms with Gasteiger partial charge in [0.2, 0.25) is 0 Å². The van der Waals surface area contributed by atoms with Crippen LogP contribution in [-0.2, 0) is 16.8 Å². The Morgan fingerprint density at radius 2 is 1.61 bits per heavy atom. The number of rotatable bonds is 8. The number of hydrogen-bond acceptors (Lipinski definition) is 4. The van der Waals surface area contributed by atoms with Gasteiger partial charge in [-0.3, -0.25) is 4.79 Å². The third-order valence-electron chi connectivity index (χ3n) is 5.34. The Labute approximate surface area is 189 Å². The first kappa shape index (κ1) is 23.5. The fourth-order valence-electron chi connectivity index (χ4n) is 3.55. The fourth-order valence-corrected chi connectivity index (χ4v) is 5.34. The van der Waals surface area contributed by atoms with Crippen molar-refractivity contribution >= 4 is 27.7 Å². The van der Waals surface area contributed by atoms with Crippen LogP contribution in [0.5, 0.6) is 5.75 Å². The quantitative estimate of drug-likeness (QED) is 0.600. The van der Waals surface area contributed by atoms with Gasteiger partial charge in [0.15, 0.2) is 0 Å². The molecule has 1 heterocycles. The van der Waals surface area contributed by atoms with Crippen LogP contribution in [-0.4, -0.2) is 67.1 Å². The van der Waals surface area contributed by atoms with E-state index in [0.29, 0.717) is 42.5 Å². The van der Waals surface area contributed by atoms with Crippen LogP contribution in [0.15, 0.2) is 48.5 Å². The molecule has 0 saturated carbocycles. The van der Waals surface area contributed by atoms with E-state index in [4.69, 9.17) is 16.3 Å². The molecule has 1 saturated heterocycles. The molecule has 7 nitrogen and oxygen atoms in total. The molecule has 2 aromatic carbocycles. The third-order valence-corrected chi connectivity index (χ3v) is 7.90. The minimum Gasteiger partial charge on any atom is -0.488 e. The van der Waals surface area contributed by atoms with Gasteiger partial charge in [0.25, 0.3) is 16.1 Å². The number of piperazine rings is 1. The zero-order chi connectivity index (χ0) is 22.4. The Hall–Kier alpha value is -2.13. The molecule has 31 heavy (non-hydrogen) atoms. The molecule has 0 N–H and O–H groups in total. The van der Waals surface area contributed by atoms with E-state index in [1.807, 2.05) is 38.1 Å². The highest BCUT2D eigenvalue weighted by Gasteiger charge is 2.32. The molecule has 0 bridgehead atoms. The summed E-state index contributed by atoms with van der Waals surface area (Å²) in [5.74, 6) is 0.306. The van der Waals surface area contributed by atoms with Crippen LogP contribution in [0.1, 0.15) is 29.8 Å². The highest BCUT2D eigenvalue weighted by molar-refractivity contribution is 7.86. The number of amides is 1. The number of carbonyl (C=O) groups excluding carboxylic acids is 1. The van der Waals surface area contributed by atoms with Crippen LogP contribution in [0.25, 0.3) is 0 Å². The van der Waals surface area contributed by atoms with Crippen molar-refractivity contribution in [3.8, 4) is 5.75 Å². The van der Waals surface area contributed by atoms with Crippen molar-refractivity contribution in [1.29, 1.82) is 0 Å². The van der Waals surface area contributed by atoms with Crippen LogP contribution in [0, 0.1) is 0 Å². The summed E-state index contributed by atoms with van der Waals surface area (Å²) < 4.78 is 34.2. The largest absolute Gasteiger partial charge is 0.488 e. The van der Waals surface area contributed by atoms with E-state index in [9.17, 15) is 13.2 Å². The molecule has 2 aromatic rings. The lowest BCUT2D eigenvalue weighted by Crippen LogP contribution is -2.54. The smallest absolute Gasteiger partial charge is 0.282 e. The lowest BCUT2D eigenvalue weighted by atomic mass is 10.1. The minimum absolute atomic E-state index is 0.172. The summed E-state index contributed by atoms with van der Waals surface area (Å²) in [7, 11) is -3.50. The number of ether oxygens (including phenoxy) is 1.